The summed E-state index contributed by atoms with van der Waals surface area (Å²) in [6, 6.07) is 15.8. The Morgan fingerprint density at radius 2 is 2.00 bits per heavy atom. The molecule has 130 valence electrons. The van der Waals surface area contributed by atoms with E-state index in [1.54, 1.807) is 12.3 Å². The zero-order valence-electron chi connectivity index (χ0n) is 14.0. The van der Waals surface area contributed by atoms with Crippen molar-refractivity contribution in [2.75, 3.05) is 19.7 Å². The molecule has 2 aromatic rings. The normalized spacial score (nSPS) is 25.4. The van der Waals surface area contributed by atoms with E-state index < -0.39 is 0 Å². The van der Waals surface area contributed by atoms with Crippen LogP contribution in [0.25, 0.3) is 0 Å². The molecule has 0 saturated carbocycles. The third-order valence-corrected chi connectivity index (χ3v) is 4.97. The molecule has 0 radical (unpaired) electrons. The molecule has 3 unspecified atom stereocenters. The van der Waals surface area contributed by atoms with Crippen LogP contribution in [0.1, 0.15) is 16.9 Å². The Hall–Kier alpha value is -2.44. The molecule has 2 saturated heterocycles. The molecular formula is C19H22N4O2. The predicted octanol–water partition coefficient (Wildman–Crippen LogP) is 1.47. The highest BCUT2D eigenvalue weighted by Gasteiger charge is 2.41. The summed E-state index contributed by atoms with van der Waals surface area (Å²) in [6.07, 6.45) is 2.59. The molecule has 0 aliphatic carbocycles. The van der Waals surface area contributed by atoms with E-state index in [1.165, 1.54) is 0 Å². The lowest BCUT2D eigenvalue weighted by Gasteiger charge is -2.35. The van der Waals surface area contributed by atoms with E-state index in [0.29, 0.717) is 30.8 Å². The number of likely N-dealkylation sites (tertiary alicyclic amines) is 1. The summed E-state index contributed by atoms with van der Waals surface area (Å²) in [4.78, 5) is 18.8. The van der Waals surface area contributed by atoms with Crippen molar-refractivity contribution in [2.45, 2.75) is 18.5 Å². The second-order valence-corrected chi connectivity index (χ2v) is 6.54. The number of aromatic nitrogens is 1. The van der Waals surface area contributed by atoms with Crippen molar-refractivity contribution in [1.82, 2.24) is 20.7 Å². The summed E-state index contributed by atoms with van der Waals surface area (Å²) in [5, 5.41) is 0. The fourth-order valence-electron chi connectivity index (χ4n) is 3.59. The van der Waals surface area contributed by atoms with Gasteiger partial charge in [0.2, 0.25) is 0 Å². The molecule has 1 aromatic heterocycles. The fraction of sp³-hybridized carbons (Fsp3) is 0.368. The lowest BCUT2D eigenvalue weighted by Crippen LogP contribution is -2.49. The van der Waals surface area contributed by atoms with Crippen molar-refractivity contribution in [3.05, 3.63) is 60.4 Å². The number of rotatable bonds is 4. The first-order valence-corrected chi connectivity index (χ1v) is 8.70. The molecule has 25 heavy (non-hydrogen) atoms. The van der Waals surface area contributed by atoms with Crippen LogP contribution < -0.4 is 15.6 Å². The SMILES string of the molecule is O=C(c1ccccn1)N1CCC2NNC(COc3ccccc3)C2C1. The molecule has 0 bridgehead atoms. The van der Waals surface area contributed by atoms with E-state index in [-0.39, 0.29) is 11.9 Å². The number of carbonyl (C=O) groups excluding carboxylic acids is 1. The van der Waals surface area contributed by atoms with Crippen molar-refractivity contribution >= 4 is 5.91 Å². The quantitative estimate of drug-likeness (QED) is 0.884. The molecular weight excluding hydrogens is 316 g/mol. The molecule has 1 amide bonds. The van der Waals surface area contributed by atoms with Crippen molar-refractivity contribution in [2.24, 2.45) is 5.92 Å². The molecule has 3 atom stereocenters. The highest BCUT2D eigenvalue weighted by molar-refractivity contribution is 5.92. The molecule has 6 heteroatoms. The van der Waals surface area contributed by atoms with E-state index in [4.69, 9.17) is 4.74 Å². The summed E-state index contributed by atoms with van der Waals surface area (Å²) in [5.41, 5.74) is 7.21. The third-order valence-electron chi connectivity index (χ3n) is 4.97. The number of nitrogens with zero attached hydrogens (tertiary/aromatic N) is 2. The summed E-state index contributed by atoms with van der Waals surface area (Å²) >= 11 is 0. The number of carbonyl (C=O) groups is 1. The first-order chi connectivity index (χ1) is 12.3. The Labute approximate surface area is 147 Å². The molecule has 2 aliphatic rings. The van der Waals surface area contributed by atoms with Gasteiger partial charge in [-0.05, 0) is 30.7 Å². The molecule has 2 aliphatic heterocycles. The zero-order chi connectivity index (χ0) is 17.1. The zero-order valence-corrected chi connectivity index (χ0v) is 14.0. The minimum absolute atomic E-state index is 0.00803. The van der Waals surface area contributed by atoms with Crippen LogP contribution in [0, 0.1) is 5.92 Å². The third kappa shape index (κ3) is 3.50. The molecule has 6 nitrogen and oxygen atoms in total. The van der Waals surface area contributed by atoms with Crippen LogP contribution in [0.3, 0.4) is 0 Å². The maximum atomic E-state index is 12.7. The summed E-state index contributed by atoms with van der Waals surface area (Å²) < 4.78 is 5.90. The van der Waals surface area contributed by atoms with Gasteiger partial charge in [-0.25, -0.2) is 0 Å². The minimum atomic E-state index is 0.00803. The predicted molar refractivity (Wildman–Crippen MR) is 94.0 cm³/mol. The van der Waals surface area contributed by atoms with Crippen LogP contribution in [0.15, 0.2) is 54.7 Å². The highest BCUT2D eigenvalue weighted by atomic mass is 16.5. The van der Waals surface area contributed by atoms with Gasteiger partial charge in [0, 0.05) is 31.2 Å². The topological polar surface area (TPSA) is 66.5 Å². The summed E-state index contributed by atoms with van der Waals surface area (Å²) in [5.74, 6) is 1.20. The Morgan fingerprint density at radius 3 is 2.80 bits per heavy atom. The van der Waals surface area contributed by atoms with Crippen LogP contribution in [0.2, 0.25) is 0 Å². The Kier molecular flexibility index (Phi) is 4.63. The van der Waals surface area contributed by atoms with Gasteiger partial charge >= 0.3 is 0 Å². The van der Waals surface area contributed by atoms with Gasteiger partial charge in [-0.1, -0.05) is 24.3 Å². The Balaban J connectivity index is 1.39. The summed E-state index contributed by atoms with van der Waals surface area (Å²) in [7, 11) is 0. The Bertz CT molecular complexity index is 710. The number of hydrazine groups is 1. The first kappa shape index (κ1) is 16.1. The van der Waals surface area contributed by atoms with E-state index in [0.717, 1.165) is 18.7 Å². The van der Waals surface area contributed by atoms with Gasteiger partial charge in [-0.3, -0.25) is 20.6 Å². The van der Waals surface area contributed by atoms with Crippen LogP contribution in [-0.2, 0) is 0 Å². The number of nitrogens with one attached hydrogen (secondary N) is 2. The number of amides is 1. The highest BCUT2D eigenvalue weighted by Crippen LogP contribution is 2.25. The fourth-order valence-corrected chi connectivity index (χ4v) is 3.59. The van der Waals surface area contributed by atoms with E-state index in [2.05, 4.69) is 15.8 Å². The average Bonchev–Trinajstić information content (AvgIpc) is 3.09. The molecule has 4 rings (SSSR count). The lowest BCUT2D eigenvalue weighted by atomic mass is 9.88. The van der Waals surface area contributed by atoms with Gasteiger partial charge in [-0.15, -0.1) is 0 Å². The number of ether oxygens (including phenoxy) is 1. The van der Waals surface area contributed by atoms with Crippen molar-refractivity contribution in [3.8, 4) is 5.75 Å². The second kappa shape index (κ2) is 7.21. The molecule has 1 aromatic carbocycles. The van der Waals surface area contributed by atoms with Gasteiger partial charge in [0.15, 0.2) is 0 Å². The largest absolute Gasteiger partial charge is 0.492 e. The lowest BCUT2D eigenvalue weighted by molar-refractivity contribution is 0.0634. The van der Waals surface area contributed by atoms with Crippen LogP contribution in [0.4, 0.5) is 0 Å². The molecule has 2 N–H and O–H groups in total. The van der Waals surface area contributed by atoms with Crippen LogP contribution in [-0.4, -0.2) is 47.6 Å². The van der Waals surface area contributed by atoms with E-state index in [9.17, 15) is 4.79 Å². The standard InChI is InChI=1S/C19H22N4O2/c24-19(17-8-4-5-10-20-17)23-11-9-16-15(12-23)18(22-21-16)13-25-14-6-2-1-3-7-14/h1-8,10,15-16,18,21-22H,9,11-13H2. The number of benzene rings is 1. The number of hydrogen-bond donors (Lipinski definition) is 2. The maximum Gasteiger partial charge on any atom is 0.272 e. The molecule has 0 spiro atoms. The van der Waals surface area contributed by atoms with Crippen LogP contribution in [0.5, 0.6) is 5.75 Å². The van der Waals surface area contributed by atoms with Gasteiger partial charge in [0.05, 0.1) is 6.04 Å². The van der Waals surface area contributed by atoms with Crippen molar-refractivity contribution in [1.29, 1.82) is 0 Å². The summed E-state index contributed by atoms with van der Waals surface area (Å²) in [6.45, 7) is 2.03. The number of piperidine rings is 1. The second-order valence-electron chi connectivity index (χ2n) is 6.54. The number of pyridine rings is 1. The maximum absolute atomic E-state index is 12.7. The smallest absolute Gasteiger partial charge is 0.272 e. The Morgan fingerprint density at radius 1 is 1.16 bits per heavy atom. The molecule has 2 fully saturated rings. The van der Waals surface area contributed by atoms with Crippen molar-refractivity contribution in [3.63, 3.8) is 0 Å². The first-order valence-electron chi connectivity index (χ1n) is 8.70. The molecule has 3 heterocycles. The number of para-hydroxylation sites is 1. The van der Waals surface area contributed by atoms with E-state index >= 15 is 0 Å². The van der Waals surface area contributed by atoms with Gasteiger partial charge < -0.3 is 9.64 Å². The van der Waals surface area contributed by atoms with Crippen LogP contribution >= 0.6 is 0 Å². The van der Waals surface area contributed by atoms with Gasteiger partial charge in [-0.2, -0.15) is 0 Å². The van der Waals surface area contributed by atoms with Crippen molar-refractivity contribution < 1.29 is 9.53 Å². The van der Waals surface area contributed by atoms with E-state index in [1.807, 2.05) is 47.4 Å². The van der Waals surface area contributed by atoms with Gasteiger partial charge in [0.1, 0.15) is 18.1 Å². The average molecular weight is 338 g/mol. The van der Waals surface area contributed by atoms with Gasteiger partial charge in [0.25, 0.3) is 5.91 Å². The number of hydrogen-bond acceptors (Lipinski definition) is 5. The monoisotopic (exact) mass is 338 g/mol. The minimum Gasteiger partial charge on any atom is -0.492 e. The number of fused-ring (bicyclic) bond motifs is 1.